The van der Waals surface area contributed by atoms with E-state index in [-0.39, 0.29) is 69.7 Å². The number of rotatable bonds is 32. The molecule has 0 bridgehead atoms. The van der Waals surface area contributed by atoms with E-state index in [1.54, 1.807) is 42.6 Å². The van der Waals surface area contributed by atoms with Crippen LogP contribution in [0.3, 0.4) is 0 Å². The van der Waals surface area contributed by atoms with Gasteiger partial charge in [-0.1, -0.05) is 68.3 Å². The lowest BCUT2D eigenvalue weighted by atomic mass is 10.0. The molecular formula is C49H69N15O10. The molecule has 2 aromatic carbocycles. The van der Waals surface area contributed by atoms with Gasteiger partial charge in [-0.3, -0.25) is 48.6 Å². The lowest BCUT2D eigenvalue weighted by molar-refractivity contribution is -0.141. The third-order valence-corrected chi connectivity index (χ3v) is 11.8. The molecule has 8 amide bonds. The maximum Gasteiger partial charge on any atom is 0.305 e. The Hall–Kier alpha value is -8.35. The highest BCUT2D eigenvalue weighted by Crippen LogP contribution is 2.20. The predicted molar refractivity (Wildman–Crippen MR) is 272 cm³/mol. The van der Waals surface area contributed by atoms with Crippen LogP contribution in [-0.4, -0.2) is 135 Å². The number of primary amides is 1. The zero-order valence-electron chi connectivity index (χ0n) is 41.5. The highest BCUT2D eigenvalue weighted by atomic mass is 16.4. The van der Waals surface area contributed by atoms with Crippen molar-refractivity contribution in [1.82, 2.24) is 57.5 Å². The highest BCUT2D eigenvalue weighted by Gasteiger charge is 2.35. The maximum atomic E-state index is 14.6. The van der Waals surface area contributed by atoms with Gasteiger partial charge in [-0.05, 0) is 55.8 Å². The molecule has 7 atom stereocenters. The summed E-state index contributed by atoms with van der Waals surface area (Å²) in [6.07, 6.45) is 5.02. The van der Waals surface area contributed by atoms with E-state index in [0.29, 0.717) is 30.4 Å². The number of unbranched alkanes of at least 4 members (excludes halogenated alkanes) is 1. The van der Waals surface area contributed by atoms with Crippen LogP contribution in [0.25, 0.3) is 10.9 Å². The van der Waals surface area contributed by atoms with Crippen LogP contribution in [0.2, 0.25) is 0 Å². The highest BCUT2D eigenvalue weighted by molar-refractivity contribution is 5.98. The van der Waals surface area contributed by atoms with Crippen molar-refractivity contribution in [3.63, 3.8) is 0 Å². The van der Waals surface area contributed by atoms with Crippen molar-refractivity contribution in [2.45, 2.75) is 127 Å². The lowest BCUT2D eigenvalue weighted by Crippen LogP contribution is -2.61. The van der Waals surface area contributed by atoms with E-state index < -0.39 is 102 Å². The molecule has 0 aliphatic carbocycles. The molecule has 0 unspecified atom stereocenters. The molecule has 0 radical (unpaired) electrons. The van der Waals surface area contributed by atoms with Crippen LogP contribution in [0.5, 0.6) is 0 Å². The minimum atomic E-state index is -1.72. The van der Waals surface area contributed by atoms with Crippen LogP contribution in [0.15, 0.2) is 73.3 Å². The summed E-state index contributed by atoms with van der Waals surface area (Å²) < 4.78 is 0. The molecule has 4 rings (SSSR count). The van der Waals surface area contributed by atoms with E-state index in [1.165, 1.54) is 19.4 Å². The number of benzene rings is 2. The molecular weight excluding hydrogens is 959 g/mol. The number of guanidine groups is 1. The van der Waals surface area contributed by atoms with Gasteiger partial charge in [-0.15, -0.1) is 0 Å². The molecule has 74 heavy (non-hydrogen) atoms. The van der Waals surface area contributed by atoms with Crippen LogP contribution >= 0.6 is 0 Å². The van der Waals surface area contributed by atoms with Crippen molar-refractivity contribution in [2.24, 2.45) is 17.2 Å². The van der Waals surface area contributed by atoms with Crippen LogP contribution < -0.4 is 59.7 Å². The first-order valence-electron chi connectivity index (χ1n) is 24.3. The molecule has 0 aliphatic heterocycles. The van der Waals surface area contributed by atoms with Gasteiger partial charge < -0.3 is 74.8 Å². The molecule has 0 fully saturated rings. The number of hydrogen-bond acceptors (Lipinski definition) is 12. The van der Waals surface area contributed by atoms with Gasteiger partial charge in [0.2, 0.25) is 47.3 Å². The maximum absolute atomic E-state index is 14.6. The van der Waals surface area contributed by atoms with Gasteiger partial charge in [-0.2, -0.15) is 0 Å². The minimum absolute atomic E-state index is 0.0714. The molecule has 2 heterocycles. The Morgan fingerprint density at radius 2 is 1.16 bits per heavy atom. The summed E-state index contributed by atoms with van der Waals surface area (Å²) in [5, 5.41) is 39.0. The summed E-state index contributed by atoms with van der Waals surface area (Å²) in [6, 6.07) is 6.19. The number of amides is 8. The summed E-state index contributed by atoms with van der Waals surface area (Å²) in [5.41, 5.74) is 19.1. The number of nitrogens with two attached hydrogens (primary N) is 3. The number of nitrogens with zero attached hydrogens (tertiary/aromatic N) is 1. The van der Waals surface area contributed by atoms with Gasteiger partial charge in [0.15, 0.2) is 5.96 Å². The number of para-hydroxylation sites is 1. The number of carboxylic acid groups (broad SMARTS) is 1. The van der Waals surface area contributed by atoms with Crippen LogP contribution in [0.4, 0.5) is 0 Å². The first-order chi connectivity index (χ1) is 35.4. The van der Waals surface area contributed by atoms with E-state index in [9.17, 15) is 48.3 Å². The number of carboxylic acids is 1. The fourth-order valence-corrected chi connectivity index (χ4v) is 7.96. The number of carbonyl (C=O) groups is 9. The fourth-order valence-electron chi connectivity index (χ4n) is 7.96. The van der Waals surface area contributed by atoms with Gasteiger partial charge in [0.25, 0.3) is 0 Å². The molecule has 4 aromatic rings. The van der Waals surface area contributed by atoms with Crippen molar-refractivity contribution < 1.29 is 48.3 Å². The number of aromatic amines is 2. The summed E-state index contributed by atoms with van der Waals surface area (Å²) in [4.78, 5) is 132. The molecule has 2 aromatic heterocycles. The number of aromatic nitrogens is 3. The van der Waals surface area contributed by atoms with Gasteiger partial charge in [0.05, 0.1) is 18.4 Å². The van der Waals surface area contributed by atoms with Crippen molar-refractivity contribution >= 4 is 70.1 Å². The fraction of sp³-hybridized carbons (Fsp3) is 0.449. The number of carbonyl (C=O) groups excluding carboxylic acids is 8. The molecule has 0 aliphatic rings. The van der Waals surface area contributed by atoms with Gasteiger partial charge in [0, 0.05) is 56.0 Å². The van der Waals surface area contributed by atoms with Gasteiger partial charge in [0.1, 0.15) is 42.3 Å². The number of hydrogen-bond donors (Lipinski definition) is 15. The van der Waals surface area contributed by atoms with Crippen molar-refractivity contribution in [3.05, 3.63) is 90.1 Å². The second-order valence-corrected chi connectivity index (χ2v) is 17.7. The number of aliphatic carboxylic acids is 1. The number of H-pyrrole nitrogens is 2. The summed E-state index contributed by atoms with van der Waals surface area (Å²) in [5.74, 6) is -8.40. The zero-order valence-corrected chi connectivity index (χ0v) is 41.5. The Balaban J connectivity index is 1.67. The summed E-state index contributed by atoms with van der Waals surface area (Å²) in [6.45, 7) is 3.40. The minimum Gasteiger partial charge on any atom is -0.481 e. The van der Waals surface area contributed by atoms with Gasteiger partial charge in [-0.25, -0.2) is 4.98 Å². The average molecular weight is 1030 g/mol. The van der Waals surface area contributed by atoms with Crippen molar-refractivity contribution in [2.75, 3.05) is 13.1 Å². The number of fused-ring (bicyclic) bond motifs is 1. The summed E-state index contributed by atoms with van der Waals surface area (Å²) in [7, 11) is 0. The summed E-state index contributed by atoms with van der Waals surface area (Å²) >= 11 is 0. The third-order valence-electron chi connectivity index (χ3n) is 11.8. The van der Waals surface area contributed by atoms with Gasteiger partial charge >= 0.3 is 5.97 Å². The average Bonchev–Trinajstić information content (AvgIpc) is 4.04. The quantitative estimate of drug-likeness (QED) is 0.0150. The first-order valence-corrected chi connectivity index (χ1v) is 24.3. The Morgan fingerprint density at radius 3 is 1.74 bits per heavy atom. The standard InChI is InChI=1S/C49H69N15O10/c1-3-4-15-35(58-28(2)65)43(69)64-40(24-41(66)67)48(74)63-39(23-31-26-54-27-57-31)47(73)61-37(21-29-12-6-5-7-13-29)45(71)60-36(18-11-20-55-49(52)53)44(70)62-38(46(72)59-34(42(51)68)17-10-19-50)22-30-25-56-33-16-9-8-14-32(30)33/h5-9,12-14,16,25-27,34-40,56H,3-4,10-11,15,17-24,50H2,1-2H3,(H2,51,68)(H,54,57)(H,58,65)(H,59,72)(H,60,71)(H,61,73)(H,62,70)(H,63,74)(H,64,69)(H,66,67)(H4,52,53,55)/t34-,35-,36-,37+,38-,39-,40-/m0/s1. The first kappa shape index (κ1) is 58.2. The smallest absolute Gasteiger partial charge is 0.305 e. The monoisotopic (exact) mass is 1030 g/mol. The largest absolute Gasteiger partial charge is 0.481 e. The second kappa shape index (κ2) is 29.9. The predicted octanol–water partition coefficient (Wildman–Crippen LogP) is -1.52. The van der Waals surface area contributed by atoms with E-state index in [4.69, 9.17) is 22.6 Å². The van der Waals surface area contributed by atoms with E-state index in [1.807, 2.05) is 25.1 Å². The van der Waals surface area contributed by atoms with Crippen molar-refractivity contribution in [3.8, 4) is 0 Å². The Labute approximate surface area is 427 Å². The van der Waals surface area contributed by atoms with E-state index >= 15 is 0 Å². The molecule has 400 valence electrons. The Morgan fingerprint density at radius 1 is 0.635 bits per heavy atom. The molecule has 25 heteroatoms. The molecule has 18 N–H and O–H groups in total. The lowest BCUT2D eigenvalue weighted by Gasteiger charge is -2.28. The normalized spacial score (nSPS) is 13.8. The number of imidazole rings is 1. The zero-order chi connectivity index (χ0) is 54.2. The molecule has 0 saturated carbocycles. The van der Waals surface area contributed by atoms with Crippen molar-refractivity contribution in [1.29, 1.82) is 5.41 Å². The Kier molecular flexibility index (Phi) is 23.5. The molecule has 25 nitrogen and oxygen atoms in total. The molecule has 0 spiro atoms. The van der Waals surface area contributed by atoms with E-state index in [0.717, 1.165) is 10.9 Å². The van der Waals surface area contributed by atoms with Crippen LogP contribution in [-0.2, 0) is 62.4 Å². The Bertz CT molecular complexity index is 2540. The van der Waals surface area contributed by atoms with Crippen LogP contribution in [0.1, 0.15) is 82.0 Å². The van der Waals surface area contributed by atoms with Crippen LogP contribution in [0, 0.1) is 5.41 Å². The SMILES string of the molecule is CCCC[C@H](NC(C)=O)C(=O)N[C@@H](CC(=O)O)C(=O)N[C@@H](Cc1c[nH]cn1)C(=O)N[C@H](Cc1ccccc1)C(=O)N[C@@H](CCCNC(=N)N)C(=O)N[C@@H](Cc1c[nH]c2ccccc12)C(=O)N[C@@H](CCCN)C(N)=O. The second-order valence-electron chi connectivity index (χ2n) is 17.7. The molecule has 0 saturated heterocycles. The number of nitrogens with one attached hydrogen (secondary N) is 11. The van der Waals surface area contributed by atoms with E-state index in [2.05, 4.69) is 57.5 Å². The third kappa shape index (κ3) is 19.3. The topological polar surface area (TPSA) is 416 Å².